The van der Waals surface area contributed by atoms with E-state index in [0.29, 0.717) is 36.9 Å². The highest BCUT2D eigenvalue weighted by Gasteiger charge is 2.47. The van der Waals surface area contributed by atoms with Crippen LogP contribution in [0.4, 0.5) is 0 Å². The number of benzene rings is 1. The van der Waals surface area contributed by atoms with Crippen molar-refractivity contribution < 1.29 is 4.79 Å². The maximum Gasteiger partial charge on any atom is 0.233 e. The molecule has 1 amide bonds. The second kappa shape index (κ2) is 12.2. The smallest absolute Gasteiger partial charge is 0.233 e. The van der Waals surface area contributed by atoms with Crippen molar-refractivity contribution in [2.45, 2.75) is 89.6 Å². The van der Waals surface area contributed by atoms with Crippen molar-refractivity contribution in [3.05, 3.63) is 75.9 Å². The quantitative estimate of drug-likeness (QED) is 0.101. The monoisotopic (exact) mass is 633 g/mol. The van der Waals surface area contributed by atoms with Crippen LogP contribution in [0.25, 0.3) is 21.5 Å². The first-order chi connectivity index (χ1) is 22.2. The molecule has 0 radical (unpaired) electrons. The van der Waals surface area contributed by atoms with Gasteiger partial charge < -0.3 is 14.8 Å². The average molecular weight is 634 g/mol. The van der Waals surface area contributed by atoms with Crippen LogP contribution in [0, 0.1) is 25.3 Å². The van der Waals surface area contributed by atoms with Crippen molar-refractivity contribution in [3.8, 4) is 17.5 Å². The van der Waals surface area contributed by atoms with Gasteiger partial charge >= 0.3 is 0 Å². The summed E-state index contributed by atoms with van der Waals surface area (Å²) in [5.41, 5.74) is 6.63. The van der Waals surface area contributed by atoms with Gasteiger partial charge in [-0.1, -0.05) is 17.2 Å². The number of H-pyrrole nitrogens is 1. The number of rotatable bonds is 7. The summed E-state index contributed by atoms with van der Waals surface area (Å²) in [6, 6.07) is 13.9. The van der Waals surface area contributed by atoms with Gasteiger partial charge in [-0.15, -0.1) is 11.3 Å². The lowest BCUT2D eigenvalue weighted by molar-refractivity contribution is -0.137. The third kappa shape index (κ3) is 5.57. The third-order valence-electron chi connectivity index (χ3n) is 10.4. The zero-order chi connectivity index (χ0) is 32.0. The number of hydrogen-bond donors (Lipinski definition) is 2. The normalized spacial score (nSPS) is 21.4. The first-order valence-corrected chi connectivity index (χ1v) is 17.4. The molecule has 3 aliphatic heterocycles. The molecule has 2 bridgehead atoms. The maximum atomic E-state index is 14.0. The number of hydrogen-bond acceptors (Lipinski definition) is 5. The minimum absolute atomic E-state index is 0.269. The molecule has 2 N–H and O–H groups in total. The summed E-state index contributed by atoms with van der Waals surface area (Å²) in [4.78, 5) is 33.5. The van der Waals surface area contributed by atoms with Crippen LogP contribution in [0.15, 0.2) is 53.8 Å². The van der Waals surface area contributed by atoms with Gasteiger partial charge in [0.15, 0.2) is 6.19 Å². The van der Waals surface area contributed by atoms with Crippen LogP contribution in [0.2, 0.25) is 0 Å². The van der Waals surface area contributed by atoms with Gasteiger partial charge in [-0.2, -0.15) is 5.26 Å². The standard InChI is InChI=1S/C37H43N7OS/c1-23-17-24(2)19-27(18-23)33-30(11-15-40-36(41-22-38)43-16-12-26(21-43)25-9-13-39-14-10-25)31-20-32(46-34(31)42-33)37(3,4)35(45)44-28-5-6-29(44)8-7-28/h9-10,13-14,17-20,26,28-29,42H,5-8,11-12,15-16,21H2,1-4H3,(H,40,41). The summed E-state index contributed by atoms with van der Waals surface area (Å²) in [6.45, 7) is 10.7. The van der Waals surface area contributed by atoms with E-state index in [1.165, 1.54) is 33.2 Å². The molecule has 1 unspecified atom stereocenters. The largest absolute Gasteiger partial charge is 0.346 e. The molecule has 0 aliphatic carbocycles. The summed E-state index contributed by atoms with van der Waals surface area (Å²) in [5, 5.41) is 13.6. The van der Waals surface area contributed by atoms with Crippen molar-refractivity contribution in [2.24, 2.45) is 4.99 Å². The highest BCUT2D eigenvalue weighted by molar-refractivity contribution is 7.19. The minimum Gasteiger partial charge on any atom is -0.346 e. The molecule has 3 aromatic heterocycles. The van der Waals surface area contributed by atoms with Gasteiger partial charge in [-0.05, 0) is 113 Å². The molecule has 1 atom stereocenters. The summed E-state index contributed by atoms with van der Waals surface area (Å²) in [7, 11) is 0. The highest BCUT2D eigenvalue weighted by atomic mass is 32.1. The molecule has 0 saturated carbocycles. The molecule has 3 aliphatic rings. The minimum atomic E-state index is -0.587. The van der Waals surface area contributed by atoms with Crippen LogP contribution in [0.1, 0.15) is 79.0 Å². The molecular formula is C37H43N7OS. The first kappa shape index (κ1) is 30.5. The topological polar surface area (TPSA) is 100 Å². The number of carbonyl (C=O) groups is 1. The van der Waals surface area contributed by atoms with Crippen molar-refractivity contribution in [1.82, 2.24) is 25.1 Å². The fourth-order valence-corrected chi connectivity index (χ4v) is 9.22. The van der Waals surface area contributed by atoms with E-state index in [9.17, 15) is 10.1 Å². The number of aromatic amines is 1. The number of fused-ring (bicyclic) bond motifs is 3. The predicted molar refractivity (Wildman–Crippen MR) is 185 cm³/mol. The Labute approximate surface area is 275 Å². The lowest BCUT2D eigenvalue weighted by Crippen LogP contribution is -2.45. The summed E-state index contributed by atoms with van der Waals surface area (Å²) in [5.74, 6) is 1.29. The predicted octanol–water partition coefficient (Wildman–Crippen LogP) is 6.80. The fraction of sp³-hybridized carbons (Fsp3) is 0.459. The number of nitriles is 1. The molecule has 4 aromatic rings. The summed E-state index contributed by atoms with van der Waals surface area (Å²) in [6.07, 6.45) is 12.1. The molecule has 3 saturated heterocycles. The fourth-order valence-electron chi connectivity index (χ4n) is 8.04. The summed E-state index contributed by atoms with van der Waals surface area (Å²) < 4.78 is 0. The zero-order valence-corrected chi connectivity index (χ0v) is 28.1. The van der Waals surface area contributed by atoms with E-state index >= 15 is 0 Å². The van der Waals surface area contributed by atoms with Crippen LogP contribution in [-0.4, -0.2) is 63.4 Å². The third-order valence-corrected chi connectivity index (χ3v) is 11.8. The van der Waals surface area contributed by atoms with Gasteiger partial charge in [0, 0.05) is 60.3 Å². The molecule has 46 heavy (non-hydrogen) atoms. The number of guanidine groups is 1. The Morgan fingerprint density at radius 1 is 1.09 bits per heavy atom. The van der Waals surface area contributed by atoms with Gasteiger partial charge in [0.2, 0.25) is 11.9 Å². The van der Waals surface area contributed by atoms with Crippen LogP contribution in [0.3, 0.4) is 0 Å². The van der Waals surface area contributed by atoms with E-state index in [4.69, 9.17) is 4.99 Å². The Bertz CT molecular complexity index is 1790. The molecular weight excluding hydrogens is 591 g/mol. The van der Waals surface area contributed by atoms with Crippen LogP contribution < -0.4 is 5.32 Å². The Balaban J connectivity index is 1.18. The van der Waals surface area contributed by atoms with E-state index in [-0.39, 0.29) is 5.91 Å². The van der Waals surface area contributed by atoms with E-state index in [2.05, 4.69) is 95.4 Å². The number of likely N-dealkylation sites (tertiary alicyclic amines) is 1. The number of aliphatic imine (C=N–C) groups is 1. The first-order valence-electron chi connectivity index (χ1n) is 16.6. The Morgan fingerprint density at radius 2 is 1.78 bits per heavy atom. The lowest BCUT2D eigenvalue weighted by atomic mass is 9.88. The Hall–Kier alpha value is -4.16. The molecule has 0 spiro atoms. The second-order valence-corrected chi connectivity index (χ2v) is 15.0. The number of carbonyl (C=O) groups excluding carboxylic acids is 1. The molecule has 7 rings (SSSR count). The molecule has 9 heteroatoms. The number of nitrogens with zero attached hydrogens (tertiary/aromatic N) is 5. The van der Waals surface area contributed by atoms with E-state index in [1.807, 2.05) is 12.4 Å². The van der Waals surface area contributed by atoms with E-state index in [0.717, 1.165) is 60.6 Å². The van der Waals surface area contributed by atoms with Crippen molar-refractivity contribution in [3.63, 3.8) is 0 Å². The molecule has 1 aromatic carbocycles. The van der Waals surface area contributed by atoms with Crippen LogP contribution in [0.5, 0.6) is 0 Å². The lowest BCUT2D eigenvalue weighted by Gasteiger charge is -2.31. The zero-order valence-electron chi connectivity index (χ0n) is 27.3. The molecule has 3 fully saturated rings. The molecule has 6 heterocycles. The molecule has 238 valence electrons. The summed E-state index contributed by atoms with van der Waals surface area (Å²) >= 11 is 1.71. The van der Waals surface area contributed by atoms with Gasteiger partial charge in [-0.25, -0.2) is 0 Å². The van der Waals surface area contributed by atoms with Crippen LogP contribution in [-0.2, 0) is 16.6 Å². The SMILES string of the molecule is Cc1cc(C)cc(-c2[nH]c3sc(C(C)(C)C(=O)N4C5CCC4CC5)cc3c2CCN=C(NC#N)N2CCC(c3ccncc3)C2)c1. The average Bonchev–Trinajstić information content (AvgIpc) is 3.87. The van der Waals surface area contributed by atoms with Crippen molar-refractivity contribution in [1.29, 1.82) is 5.26 Å². The number of nitrogens with one attached hydrogen (secondary N) is 2. The molecule has 8 nitrogen and oxygen atoms in total. The number of pyridine rings is 1. The number of thiophene rings is 1. The number of aromatic nitrogens is 2. The van der Waals surface area contributed by atoms with E-state index in [1.54, 1.807) is 11.3 Å². The Kier molecular flexibility index (Phi) is 8.10. The van der Waals surface area contributed by atoms with Gasteiger partial charge in [-0.3, -0.25) is 20.1 Å². The van der Waals surface area contributed by atoms with Crippen LogP contribution >= 0.6 is 11.3 Å². The van der Waals surface area contributed by atoms with Crippen molar-refractivity contribution >= 4 is 33.4 Å². The van der Waals surface area contributed by atoms with Gasteiger partial charge in [0.05, 0.1) is 11.1 Å². The van der Waals surface area contributed by atoms with Gasteiger partial charge in [0.1, 0.15) is 4.83 Å². The van der Waals surface area contributed by atoms with E-state index < -0.39 is 5.41 Å². The second-order valence-electron chi connectivity index (χ2n) is 13.9. The highest BCUT2D eigenvalue weighted by Crippen LogP contribution is 2.44. The Morgan fingerprint density at radius 3 is 2.46 bits per heavy atom. The number of amides is 1. The maximum absolute atomic E-state index is 14.0. The van der Waals surface area contributed by atoms with Gasteiger partial charge in [0.25, 0.3) is 0 Å². The van der Waals surface area contributed by atoms with Crippen molar-refractivity contribution in [2.75, 3.05) is 19.6 Å². The number of aryl methyl sites for hydroxylation is 2.